The lowest BCUT2D eigenvalue weighted by atomic mass is 10.3. The van der Waals surface area contributed by atoms with Gasteiger partial charge in [-0.05, 0) is 32.9 Å². The predicted octanol–water partition coefficient (Wildman–Crippen LogP) is 3.51. The van der Waals surface area contributed by atoms with Crippen molar-refractivity contribution in [1.29, 1.82) is 0 Å². The van der Waals surface area contributed by atoms with Gasteiger partial charge in [-0.15, -0.1) is 4.65 Å². The molecule has 1 aromatic carbocycles. The molecule has 3 heteroatoms. The van der Waals surface area contributed by atoms with Crippen LogP contribution in [-0.4, -0.2) is 24.3 Å². The van der Waals surface area contributed by atoms with E-state index in [9.17, 15) is 0 Å². The van der Waals surface area contributed by atoms with Crippen molar-refractivity contribution in [3.05, 3.63) is 29.3 Å². The molecule has 2 nitrogen and oxygen atoms in total. The van der Waals surface area contributed by atoms with E-state index in [-0.39, 0.29) is 0 Å². The van der Waals surface area contributed by atoms with Gasteiger partial charge in [0.05, 0.1) is 5.02 Å². The fourth-order valence-corrected chi connectivity index (χ4v) is 1.76. The lowest BCUT2D eigenvalue weighted by molar-refractivity contribution is -1.07. The molecule has 0 unspecified atom stereocenters. The third kappa shape index (κ3) is 2.86. The van der Waals surface area contributed by atoms with Gasteiger partial charge >= 0.3 is 0 Å². The summed E-state index contributed by atoms with van der Waals surface area (Å²) in [6, 6.07) is 7.62. The Morgan fingerprint density at radius 3 is 2.07 bits per heavy atom. The first-order chi connectivity index (χ1) is 7.17. The van der Waals surface area contributed by atoms with Crippen molar-refractivity contribution in [3.63, 3.8) is 0 Å². The summed E-state index contributed by atoms with van der Waals surface area (Å²) in [4.78, 5) is 5.99. The Balaban J connectivity index is 2.88. The lowest BCUT2D eigenvalue weighted by Crippen LogP contribution is -2.50. The summed E-state index contributed by atoms with van der Waals surface area (Å²) in [5, 5.41) is 0.676. The van der Waals surface area contributed by atoms with Gasteiger partial charge in [0.1, 0.15) is 19.6 Å². The van der Waals surface area contributed by atoms with Crippen LogP contribution in [-0.2, 0) is 0 Å². The summed E-state index contributed by atoms with van der Waals surface area (Å²) in [5.41, 5.74) is 0. The molecule has 0 radical (unpaired) electrons. The first-order valence-electron chi connectivity index (χ1n) is 5.47. The van der Waals surface area contributed by atoms with Gasteiger partial charge in [0.25, 0.3) is 0 Å². The van der Waals surface area contributed by atoms with Crippen molar-refractivity contribution in [3.8, 4) is 5.75 Å². The van der Waals surface area contributed by atoms with E-state index >= 15 is 0 Å². The number of hydrogen-bond acceptors (Lipinski definition) is 1. The Kier molecular flexibility index (Phi) is 4.43. The number of rotatable bonds is 5. The summed E-state index contributed by atoms with van der Waals surface area (Å²) in [6.07, 6.45) is 0. The summed E-state index contributed by atoms with van der Waals surface area (Å²) >= 11 is 6.07. The van der Waals surface area contributed by atoms with E-state index in [1.165, 1.54) is 0 Å². The molecule has 0 bridgehead atoms. The second-order valence-corrected chi connectivity index (χ2v) is 3.94. The normalized spacial score (nSPS) is 11.5. The maximum absolute atomic E-state index is 6.07. The highest BCUT2D eigenvalue weighted by atomic mass is 35.5. The van der Waals surface area contributed by atoms with Gasteiger partial charge in [-0.25, -0.2) is 0 Å². The molecular formula is C12H19ClNO+. The molecule has 0 aromatic heterocycles. The first-order valence-corrected chi connectivity index (χ1v) is 5.85. The van der Waals surface area contributed by atoms with E-state index in [0.717, 1.165) is 25.4 Å². The highest BCUT2D eigenvalue weighted by molar-refractivity contribution is 6.32. The minimum Gasteiger partial charge on any atom is -0.314 e. The number of hydrogen-bond donors (Lipinski definition) is 0. The van der Waals surface area contributed by atoms with Crippen LogP contribution in [0.3, 0.4) is 0 Å². The third-order valence-electron chi connectivity index (χ3n) is 2.86. The van der Waals surface area contributed by atoms with Gasteiger partial charge in [-0.3, -0.25) is 0 Å². The largest absolute Gasteiger partial charge is 0.314 e. The maximum atomic E-state index is 6.07. The fourth-order valence-electron chi connectivity index (χ4n) is 1.59. The van der Waals surface area contributed by atoms with Crippen molar-refractivity contribution in [2.24, 2.45) is 0 Å². The van der Waals surface area contributed by atoms with Crippen molar-refractivity contribution >= 4 is 11.6 Å². The summed E-state index contributed by atoms with van der Waals surface area (Å²) in [6.45, 7) is 9.21. The quantitative estimate of drug-likeness (QED) is 0.554. The van der Waals surface area contributed by atoms with E-state index in [2.05, 4.69) is 20.8 Å². The molecule has 0 saturated carbocycles. The van der Waals surface area contributed by atoms with E-state index in [1.54, 1.807) is 0 Å². The van der Waals surface area contributed by atoms with Crippen LogP contribution in [0.1, 0.15) is 20.8 Å². The topological polar surface area (TPSA) is 9.23 Å². The number of nitrogens with zero attached hydrogens (tertiary/aromatic N) is 1. The standard InChI is InChI=1S/C12H19ClNO/c1-4-14(5-2,6-3)15-12-10-8-7-9-11(12)13/h7-10H,4-6H2,1-3H3/q+1. The zero-order valence-corrected chi connectivity index (χ0v) is 10.4. The van der Waals surface area contributed by atoms with Gasteiger partial charge < -0.3 is 4.84 Å². The second-order valence-electron chi connectivity index (χ2n) is 3.53. The summed E-state index contributed by atoms with van der Waals surface area (Å²) in [7, 11) is 0. The number of para-hydroxylation sites is 1. The molecule has 0 saturated heterocycles. The summed E-state index contributed by atoms with van der Waals surface area (Å²) in [5.74, 6) is 0.768. The molecule has 15 heavy (non-hydrogen) atoms. The van der Waals surface area contributed by atoms with E-state index in [1.807, 2.05) is 24.3 Å². The Morgan fingerprint density at radius 2 is 1.60 bits per heavy atom. The van der Waals surface area contributed by atoms with E-state index in [4.69, 9.17) is 16.4 Å². The minimum atomic E-state index is 0.615. The van der Waals surface area contributed by atoms with E-state index < -0.39 is 0 Å². The molecule has 0 heterocycles. The van der Waals surface area contributed by atoms with Crippen molar-refractivity contribution in [1.82, 2.24) is 0 Å². The molecule has 0 aliphatic rings. The fraction of sp³-hybridized carbons (Fsp3) is 0.500. The van der Waals surface area contributed by atoms with Crippen LogP contribution in [0.4, 0.5) is 0 Å². The van der Waals surface area contributed by atoms with Crippen LogP contribution in [0.2, 0.25) is 5.02 Å². The molecule has 0 amide bonds. The van der Waals surface area contributed by atoms with Crippen molar-refractivity contribution < 1.29 is 9.48 Å². The highest BCUT2D eigenvalue weighted by Gasteiger charge is 2.25. The molecule has 1 rings (SSSR count). The van der Waals surface area contributed by atoms with Gasteiger partial charge in [0.15, 0.2) is 0 Å². The Labute approximate surface area is 97.0 Å². The van der Waals surface area contributed by atoms with Crippen LogP contribution >= 0.6 is 11.6 Å². The smallest absolute Gasteiger partial charge is 0.208 e. The van der Waals surface area contributed by atoms with E-state index in [0.29, 0.717) is 9.67 Å². The van der Waals surface area contributed by atoms with Crippen molar-refractivity contribution in [2.45, 2.75) is 20.8 Å². The lowest BCUT2D eigenvalue weighted by Gasteiger charge is -2.32. The summed E-state index contributed by atoms with van der Waals surface area (Å²) < 4.78 is 0.615. The average molecular weight is 229 g/mol. The molecule has 1 aromatic rings. The van der Waals surface area contributed by atoms with Crippen LogP contribution in [0, 0.1) is 0 Å². The molecule has 0 spiro atoms. The molecule has 84 valence electrons. The third-order valence-corrected chi connectivity index (χ3v) is 3.17. The Morgan fingerprint density at radius 1 is 1.07 bits per heavy atom. The van der Waals surface area contributed by atoms with Crippen LogP contribution in [0.25, 0.3) is 0 Å². The first kappa shape index (κ1) is 12.3. The minimum absolute atomic E-state index is 0.615. The monoisotopic (exact) mass is 228 g/mol. The number of benzene rings is 1. The molecule has 0 atom stereocenters. The average Bonchev–Trinajstić information content (AvgIpc) is 2.29. The van der Waals surface area contributed by atoms with Crippen molar-refractivity contribution in [2.75, 3.05) is 19.6 Å². The van der Waals surface area contributed by atoms with Gasteiger partial charge in [0.2, 0.25) is 5.75 Å². The van der Waals surface area contributed by atoms with Crippen LogP contribution in [0.5, 0.6) is 5.75 Å². The zero-order valence-electron chi connectivity index (χ0n) is 9.66. The highest BCUT2D eigenvalue weighted by Crippen LogP contribution is 2.26. The molecule has 0 fully saturated rings. The molecular weight excluding hydrogens is 210 g/mol. The van der Waals surface area contributed by atoms with Crippen LogP contribution < -0.4 is 4.84 Å². The predicted molar refractivity (Wildman–Crippen MR) is 64.0 cm³/mol. The Bertz CT molecular complexity index is 302. The molecule has 0 N–H and O–H groups in total. The molecule has 0 aliphatic carbocycles. The van der Waals surface area contributed by atoms with Crippen LogP contribution in [0.15, 0.2) is 24.3 Å². The maximum Gasteiger partial charge on any atom is 0.208 e. The molecule has 0 aliphatic heterocycles. The zero-order chi connectivity index (χ0) is 11.3. The second kappa shape index (κ2) is 5.38. The Hall–Kier alpha value is -0.730. The SMILES string of the molecule is CC[N+](CC)(CC)Oc1ccccc1Cl. The van der Waals surface area contributed by atoms with Gasteiger partial charge in [0, 0.05) is 0 Å². The number of halogens is 1. The van der Waals surface area contributed by atoms with Gasteiger partial charge in [-0.1, -0.05) is 23.7 Å². The number of hydroxylamine groups is 3. The van der Waals surface area contributed by atoms with Gasteiger partial charge in [-0.2, -0.15) is 0 Å². The number of quaternary nitrogens is 1.